The van der Waals surface area contributed by atoms with Crippen LogP contribution in [0.15, 0.2) is 48.5 Å². The molecule has 0 spiro atoms. The normalized spacial score (nSPS) is 19.9. The van der Waals surface area contributed by atoms with Gasteiger partial charge in [-0.3, -0.25) is 4.79 Å². The van der Waals surface area contributed by atoms with Crippen molar-refractivity contribution in [2.75, 3.05) is 59.1 Å². The Morgan fingerprint density at radius 1 is 0.778 bits per heavy atom. The minimum Gasteiger partial charge on any atom is -0.494 e. The van der Waals surface area contributed by atoms with Crippen LogP contribution in [-0.4, -0.2) is 107 Å². The van der Waals surface area contributed by atoms with Gasteiger partial charge in [-0.2, -0.15) is 0 Å². The molecule has 2 fully saturated rings. The zero-order valence-corrected chi connectivity index (χ0v) is 33.6. The van der Waals surface area contributed by atoms with Gasteiger partial charge in [0, 0.05) is 78.5 Å². The molecule has 0 unspecified atom stereocenters. The highest BCUT2D eigenvalue weighted by molar-refractivity contribution is 7.15. The Hall–Kier alpha value is -3.39. The molecule has 0 aliphatic carbocycles. The number of aliphatic hydroxyl groups is 1. The maximum absolute atomic E-state index is 11.7. The van der Waals surface area contributed by atoms with Crippen LogP contribution in [0, 0.1) is 0 Å². The zero-order chi connectivity index (χ0) is 37.3. The lowest BCUT2D eigenvalue weighted by Crippen LogP contribution is -2.37. The Bertz CT molecular complexity index is 1770. The summed E-state index contributed by atoms with van der Waals surface area (Å²) in [5.74, 6) is 1.64. The van der Waals surface area contributed by atoms with E-state index in [1.54, 1.807) is 16.2 Å². The lowest BCUT2D eigenvalue weighted by atomic mass is 10.1. The van der Waals surface area contributed by atoms with Crippen molar-refractivity contribution in [1.29, 1.82) is 0 Å². The van der Waals surface area contributed by atoms with Crippen molar-refractivity contribution >= 4 is 28.6 Å². The summed E-state index contributed by atoms with van der Waals surface area (Å²) in [5.41, 5.74) is 4.61. The number of amides is 1. The Morgan fingerprint density at radius 3 is 1.81 bits per heavy atom. The number of hydrogen-bond donors (Lipinski definition) is 2. The van der Waals surface area contributed by atoms with E-state index >= 15 is 0 Å². The van der Waals surface area contributed by atoms with Crippen LogP contribution in [0.2, 0.25) is 0 Å². The number of benzene rings is 2. The number of nitrogens with one attached hydrogen (secondary N) is 1. The van der Waals surface area contributed by atoms with E-state index in [0.29, 0.717) is 19.1 Å². The quantitative estimate of drug-likeness (QED) is 0.145. The Labute approximate surface area is 328 Å². The summed E-state index contributed by atoms with van der Waals surface area (Å²) >= 11 is 3.44. The molecule has 8 rings (SSSR count). The van der Waals surface area contributed by atoms with E-state index in [9.17, 15) is 4.79 Å². The van der Waals surface area contributed by atoms with Crippen LogP contribution in [0.4, 0.5) is 0 Å². The molecule has 2 aromatic heterocycles. The van der Waals surface area contributed by atoms with Gasteiger partial charge in [-0.25, -0.2) is 9.97 Å². The number of rotatable bonds is 13. The number of carbonyl (C=O) groups excluding carboxylic acids is 1. The van der Waals surface area contributed by atoms with Gasteiger partial charge in [-0.05, 0) is 114 Å². The van der Waals surface area contributed by atoms with E-state index in [4.69, 9.17) is 24.5 Å². The van der Waals surface area contributed by atoms with E-state index < -0.39 is 6.61 Å². The third-order valence-corrected chi connectivity index (χ3v) is 13.4. The smallest absolute Gasteiger partial charge is 0.248 e. The van der Waals surface area contributed by atoms with Gasteiger partial charge in [0.2, 0.25) is 5.91 Å². The highest BCUT2D eigenvalue weighted by Crippen LogP contribution is 2.33. The molecule has 2 N–H and O–H groups in total. The highest BCUT2D eigenvalue weighted by Gasteiger charge is 2.24. The van der Waals surface area contributed by atoms with Gasteiger partial charge < -0.3 is 34.6 Å². The molecule has 2 aromatic carbocycles. The van der Waals surface area contributed by atoms with Gasteiger partial charge in [-0.15, -0.1) is 22.7 Å². The summed E-state index contributed by atoms with van der Waals surface area (Å²) in [7, 11) is 0. The third-order valence-electron chi connectivity index (χ3n) is 11.1. The number of nitrogens with zero attached hydrogens (tertiary/aromatic N) is 5. The van der Waals surface area contributed by atoms with Gasteiger partial charge in [0.15, 0.2) is 0 Å². The molecule has 6 heterocycles. The Kier molecular flexibility index (Phi) is 13.7. The number of thiazole rings is 2. The van der Waals surface area contributed by atoms with Crippen LogP contribution < -0.4 is 14.8 Å². The first-order valence-electron chi connectivity index (χ1n) is 19.9. The van der Waals surface area contributed by atoms with Crippen LogP contribution in [0.5, 0.6) is 11.5 Å². The van der Waals surface area contributed by atoms with Crippen LogP contribution in [0.25, 0.3) is 21.1 Å². The van der Waals surface area contributed by atoms with Crippen molar-refractivity contribution in [3.8, 4) is 32.6 Å². The molecular formula is C42H56N6O4S2. The fourth-order valence-electron chi connectivity index (χ4n) is 7.83. The van der Waals surface area contributed by atoms with E-state index in [-0.39, 0.29) is 5.91 Å². The maximum atomic E-state index is 11.7. The fraction of sp³-hybridized carbons (Fsp3) is 0.548. The van der Waals surface area contributed by atoms with Crippen molar-refractivity contribution in [3.63, 3.8) is 0 Å². The molecule has 4 aromatic rings. The zero-order valence-electron chi connectivity index (χ0n) is 31.9. The Morgan fingerprint density at radius 2 is 1.31 bits per heavy atom. The average molecular weight is 773 g/mol. The largest absolute Gasteiger partial charge is 0.494 e. The van der Waals surface area contributed by atoms with Gasteiger partial charge in [0.1, 0.15) is 28.1 Å². The highest BCUT2D eigenvalue weighted by atomic mass is 32.1. The molecule has 4 aliphatic rings. The molecule has 54 heavy (non-hydrogen) atoms. The molecule has 0 saturated carbocycles. The standard InChI is InChI=1S/C22H29N3O3S.C20H27N3OS/c1-16-4-2-10-24(16)11-3-13-28-18-7-5-17(6-8-18)22-23-19-9-12-25(21(27)15-26)14-20(19)29-22;1-15-4-2-11-23(15)12-3-13-24-17-7-5-16(6-8-17)20-22-18-9-10-21-14-19(18)25-20/h5-8,16,26H,2-4,9-15H2,1H3;5-8,15,21H,2-4,9-14H2,1H3/t16-;15-/m11/s1. The van der Waals surface area contributed by atoms with Gasteiger partial charge in [0.05, 0.1) is 31.1 Å². The Balaban J connectivity index is 0.000000168. The minimum absolute atomic E-state index is 0.216. The van der Waals surface area contributed by atoms with Gasteiger partial charge >= 0.3 is 0 Å². The fourth-order valence-corrected chi connectivity index (χ4v) is 10.0. The molecule has 0 bridgehead atoms. The molecule has 4 aliphatic heterocycles. The topological polar surface area (TPSA) is 103 Å². The van der Waals surface area contributed by atoms with E-state index in [1.807, 2.05) is 23.5 Å². The molecule has 2 saturated heterocycles. The van der Waals surface area contributed by atoms with Crippen molar-refractivity contribution in [3.05, 3.63) is 69.7 Å². The predicted octanol–water partition coefficient (Wildman–Crippen LogP) is 6.65. The van der Waals surface area contributed by atoms with Gasteiger partial charge in [0.25, 0.3) is 0 Å². The summed E-state index contributed by atoms with van der Waals surface area (Å²) in [6.07, 6.45) is 9.26. The number of ether oxygens (including phenoxy) is 2. The SMILES string of the molecule is C[C@@H]1CCCN1CCCOc1ccc(-c2nc3c(s2)CN(C(=O)CO)CC3)cc1.C[C@@H]1CCCN1CCCOc1ccc(-c2nc3c(s2)CNCC3)cc1. The van der Waals surface area contributed by atoms with Crippen LogP contribution in [0.3, 0.4) is 0 Å². The van der Waals surface area contributed by atoms with Crippen molar-refractivity contribution in [2.45, 2.75) is 90.4 Å². The summed E-state index contributed by atoms with van der Waals surface area (Å²) in [6.45, 7) is 13.7. The number of aliphatic hydroxyl groups excluding tert-OH is 1. The number of fused-ring (bicyclic) bond motifs is 2. The van der Waals surface area contributed by atoms with Crippen molar-refractivity contribution in [2.24, 2.45) is 0 Å². The number of likely N-dealkylation sites (tertiary alicyclic amines) is 2. The number of aromatic nitrogens is 2. The summed E-state index contributed by atoms with van der Waals surface area (Å²) in [5, 5.41) is 14.6. The second kappa shape index (κ2) is 19.0. The lowest BCUT2D eigenvalue weighted by molar-refractivity contribution is -0.135. The third kappa shape index (κ3) is 10.1. The first kappa shape index (κ1) is 38.9. The minimum atomic E-state index is -0.431. The molecule has 12 heteroatoms. The molecule has 290 valence electrons. The number of hydrogen-bond acceptors (Lipinski definition) is 11. The number of carbonyl (C=O) groups is 1. The summed E-state index contributed by atoms with van der Waals surface area (Å²) in [4.78, 5) is 30.6. The van der Waals surface area contributed by atoms with Crippen LogP contribution in [0.1, 0.15) is 73.5 Å². The first-order valence-corrected chi connectivity index (χ1v) is 21.6. The van der Waals surface area contributed by atoms with E-state index in [2.05, 4.69) is 65.4 Å². The molecule has 2 atom stereocenters. The van der Waals surface area contributed by atoms with E-state index in [1.165, 1.54) is 54.9 Å². The van der Waals surface area contributed by atoms with Crippen molar-refractivity contribution < 1.29 is 19.4 Å². The lowest BCUT2D eigenvalue weighted by Gasteiger charge is -2.25. The molecule has 0 radical (unpaired) electrons. The molecule has 1 amide bonds. The van der Waals surface area contributed by atoms with Crippen LogP contribution >= 0.6 is 22.7 Å². The first-order chi connectivity index (χ1) is 26.4. The molecular weight excluding hydrogens is 717 g/mol. The maximum Gasteiger partial charge on any atom is 0.248 e. The van der Waals surface area contributed by atoms with Crippen LogP contribution in [-0.2, 0) is 30.7 Å². The van der Waals surface area contributed by atoms with Crippen molar-refractivity contribution in [1.82, 2.24) is 30.0 Å². The molecule has 10 nitrogen and oxygen atoms in total. The summed E-state index contributed by atoms with van der Waals surface area (Å²) in [6, 6.07) is 18.0. The van der Waals surface area contributed by atoms with Gasteiger partial charge in [-0.1, -0.05) is 0 Å². The second-order valence-electron chi connectivity index (χ2n) is 14.9. The monoisotopic (exact) mass is 772 g/mol. The van der Waals surface area contributed by atoms with E-state index in [0.717, 1.165) is 109 Å². The second-order valence-corrected chi connectivity index (χ2v) is 17.1. The predicted molar refractivity (Wildman–Crippen MR) is 217 cm³/mol. The average Bonchev–Trinajstić information content (AvgIpc) is 4.02. The summed E-state index contributed by atoms with van der Waals surface area (Å²) < 4.78 is 11.8.